The van der Waals surface area contributed by atoms with Gasteiger partial charge in [-0.15, -0.1) is 0 Å². The van der Waals surface area contributed by atoms with Crippen LogP contribution in [-0.4, -0.2) is 85.8 Å². The number of benzene rings is 2. The summed E-state index contributed by atoms with van der Waals surface area (Å²) in [6, 6.07) is 12.8. The van der Waals surface area contributed by atoms with E-state index in [-0.39, 0.29) is 17.9 Å². The van der Waals surface area contributed by atoms with Crippen LogP contribution in [0.25, 0.3) is 0 Å². The fourth-order valence-electron chi connectivity index (χ4n) is 5.94. The van der Waals surface area contributed by atoms with Crippen molar-refractivity contribution in [1.82, 2.24) is 15.1 Å². The van der Waals surface area contributed by atoms with Crippen molar-refractivity contribution in [3.8, 4) is 5.75 Å². The molecule has 0 unspecified atom stereocenters. The van der Waals surface area contributed by atoms with Crippen molar-refractivity contribution >= 4 is 34.8 Å². The topological polar surface area (TPSA) is 68.3 Å². The van der Waals surface area contributed by atoms with Crippen molar-refractivity contribution in [1.29, 1.82) is 0 Å². The number of nitrogens with one attached hydrogen (secondary N) is 1. The second-order valence-corrected chi connectivity index (χ2v) is 12.1. The second-order valence-electron chi connectivity index (χ2n) is 11.3. The van der Waals surface area contributed by atoms with E-state index in [0.717, 1.165) is 70.5 Å². The van der Waals surface area contributed by atoms with E-state index in [2.05, 4.69) is 27.1 Å². The number of anilines is 1. The molecule has 3 atom stereocenters. The second kappa shape index (κ2) is 13.1. The van der Waals surface area contributed by atoms with Gasteiger partial charge in [-0.1, -0.05) is 29.3 Å². The van der Waals surface area contributed by atoms with E-state index >= 15 is 0 Å². The zero-order chi connectivity index (χ0) is 27.4. The Morgan fingerprint density at radius 1 is 1.03 bits per heavy atom. The van der Waals surface area contributed by atoms with Crippen molar-refractivity contribution < 1.29 is 14.6 Å². The van der Waals surface area contributed by atoms with Crippen molar-refractivity contribution in [3.05, 3.63) is 58.1 Å². The largest absolute Gasteiger partial charge is 0.489 e. The number of nitrogens with zero attached hydrogens (tertiary/aromatic N) is 3. The number of hydrogen-bond donors (Lipinski definition) is 2. The third-order valence-electron chi connectivity index (χ3n) is 8.37. The summed E-state index contributed by atoms with van der Waals surface area (Å²) in [6.45, 7) is 6.05. The minimum absolute atomic E-state index is 0.0111. The highest BCUT2D eigenvalue weighted by Gasteiger charge is 2.33. The summed E-state index contributed by atoms with van der Waals surface area (Å²) in [5.41, 5.74) is 1.76. The van der Waals surface area contributed by atoms with Gasteiger partial charge < -0.3 is 29.9 Å². The molecule has 1 amide bonds. The molecule has 2 aromatic carbocycles. The molecule has 0 aliphatic carbocycles. The maximum absolute atomic E-state index is 13.4. The highest BCUT2D eigenvalue weighted by Crippen LogP contribution is 2.32. The molecule has 0 spiro atoms. The van der Waals surface area contributed by atoms with Gasteiger partial charge >= 0.3 is 0 Å². The molecule has 3 heterocycles. The normalized spacial score (nSPS) is 22.7. The number of piperidine rings is 1. The van der Waals surface area contributed by atoms with Crippen LogP contribution in [0, 0.1) is 5.92 Å². The Balaban J connectivity index is 1.24. The van der Waals surface area contributed by atoms with E-state index in [1.54, 1.807) is 6.07 Å². The van der Waals surface area contributed by atoms with Crippen LogP contribution in [0.2, 0.25) is 10.0 Å². The van der Waals surface area contributed by atoms with Crippen LogP contribution < -0.4 is 15.0 Å². The Labute approximate surface area is 242 Å². The maximum atomic E-state index is 13.4. The molecule has 3 aliphatic heterocycles. The summed E-state index contributed by atoms with van der Waals surface area (Å²) in [7, 11) is 2.12. The Hall–Kier alpha value is -2.03. The molecule has 3 saturated heterocycles. The lowest BCUT2D eigenvalue weighted by Gasteiger charge is -2.31. The highest BCUT2D eigenvalue weighted by molar-refractivity contribution is 6.32. The number of rotatable bonds is 9. The quantitative estimate of drug-likeness (QED) is 0.456. The number of ether oxygens (including phenoxy) is 1. The van der Waals surface area contributed by atoms with Gasteiger partial charge in [0.25, 0.3) is 0 Å². The minimum Gasteiger partial charge on any atom is -0.489 e. The van der Waals surface area contributed by atoms with Gasteiger partial charge in [-0.25, -0.2) is 0 Å². The van der Waals surface area contributed by atoms with E-state index in [0.29, 0.717) is 34.4 Å². The minimum atomic E-state index is -0.877. The van der Waals surface area contributed by atoms with Crippen molar-refractivity contribution in [3.63, 3.8) is 0 Å². The highest BCUT2D eigenvalue weighted by atomic mass is 35.5. The standard InChI is InChI=1S/C30H40Cl2N4O3/c1-34-15-11-25(12-16-34)39-28-9-4-21(18-26(28)32)29(37)27(20-35-13-2-3-14-35)33-30(38)22-10-17-36(19-22)24-7-5-23(31)6-8-24/h4-9,18,22,25,27,29,37H,2-3,10-17,19-20H2,1H3,(H,33,38)/t22-,27+,29+/m0/s1. The van der Waals surface area contributed by atoms with Crippen molar-refractivity contribution in [2.45, 2.75) is 50.4 Å². The van der Waals surface area contributed by atoms with Gasteiger partial charge in [0.2, 0.25) is 5.91 Å². The summed E-state index contributed by atoms with van der Waals surface area (Å²) in [4.78, 5) is 20.3. The lowest BCUT2D eigenvalue weighted by Crippen LogP contribution is -2.48. The first-order chi connectivity index (χ1) is 18.9. The number of hydrogen-bond acceptors (Lipinski definition) is 6. The van der Waals surface area contributed by atoms with E-state index in [1.807, 2.05) is 36.4 Å². The summed E-state index contributed by atoms with van der Waals surface area (Å²) in [5, 5.41) is 15.9. The van der Waals surface area contributed by atoms with Crippen LogP contribution in [0.15, 0.2) is 42.5 Å². The number of carbonyl (C=O) groups is 1. The zero-order valence-corrected chi connectivity index (χ0v) is 24.2. The van der Waals surface area contributed by atoms with Crippen LogP contribution in [0.1, 0.15) is 43.8 Å². The molecular formula is C30H40Cl2N4O3. The molecule has 7 nitrogen and oxygen atoms in total. The van der Waals surface area contributed by atoms with E-state index in [9.17, 15) is 9.90 Å². The molecule has 3 fully saturated rings. The van der Waals surface area contributed by atoms with E-state index < -0.39 is 12.1 Å². The fourth-order valence-corrected chi connectivity index (χ4v) is 6.30. The van der Waals surface area contributed by atoms with Gasteiger partial charge in [0.15, 0.2) is 0 Å². The van der Waals surface area contributed by atoms with Gasteiger partial charge in [-0.3, -0.25) is 4.79 Å². The van der Waals surface area contributed by atoms with Crippen LogP contribution in [-0.2, 0) is 4.79 Å². The lowest BCUT2D eigenvalue weighted by atomic mass is 9.99. The van der Waals surface area contributed by atoms with Gasteiger partial charge in [-0.2, -0.15) is 0 Å². The first-order valence-corrected chi connectivity index (χ1v) is 15.0. The Morgan fingerprint density at radius 3 is 2.44 bits per heavy atom. The molecule has 0 aromatic heterocycles. The van der Waals surface area contributed by atoms with Gasteiger partial charge in [-0.05, 0) is 94.2 Å². The van der Waals surface area contributed by atoms with Gasteiger partial charge in [0, 0.05) is 43.4 Å². The predicted molar refractivity (Wildman–Crippen MR) is 157 cm³/mol. The molecular weight excluding hydrogens is 535 g/mol. The summed E-state index contributed by atoms with van der Waals surface area (Å²) in [6.07, 6.45) is 4.27. The number of aliphatic hydroxyl groups excluding tert-OH is 1. The fraction of sp³-hybridized carbons (Fsp3) is 0.567. The Bertz CT molecular complexity index is 1100. The predicted octanol–water partition coefficient (Wildman–Crippen LogP) is 4.61. The first kappa shape index (κ1) is 28.5. The molecule has 5 rings (SSSR count). The monoisotopic (exact) mass is 574 g/mol. The van der Waals surface area contributed by atoms with Crippen molar-refractivity contribution in [2.24, 2.45) is 5.92 Å². The van der Waals surface area contributed by atoms with Crippen LogP contribution in [0.3, 0.4) is 0 Å². The van der Waals surface area contributed by atoms with Gasteiger partial charge in [0.1, 0.15) is 18.0 Å². The van der Waals surface area contributed by atoms with E-state index in [1.165, 1.54) is 0 Å². The molecule has 2 N–H and O–H groups in total. The average molecular weight is 576 g/mol. The Kier molecular flexibility index (Phi) is 9.56. The Morgan fingerprint density at radius 2 is 1.74 bits per heavy atom. The first-order valence-electron chi connectivity index (χ1n) is 14.2. The van der Waals surface area contributed by atoms with Crippen molar-refractivity contribution in [2.75, 3.05) is 57.8 Å². The number of amides is 1. The molecule has 39 heavy (non-hydrogen) atoms. The summed E-state index contributed by atoms with van der Waals surface area (Å²) < 4.78 is 6.19. The number of aliphatic hydroxyl groups is 1. The molecule has 0 radical (unpaired) electrons. The van der Waals surface area contributed by atoms with Crippen LogP contribution in [0.4, 0.5) is 5.69 Å². The maximum Gasteiger partial charge on any atom is 0.225 e. The number of likely N-dealkylation sites (tertiary alicyclic amines) is 2. The molecule has 212 valence electrons. The molecule has 0 saturated carbocycles. The summed E-state index contributed by atoms with van der Waals surface area (Å²) >= 11 is 12.7. The van der Waals surface area contributed by atoms with E-state index in [4.69, 9.17) is 27.9 Å². The number of carbonyl (C=O) groups excluding carboxylic acids is 1. The van der Waals surface area contributed by atoms with Crippen LogP contribution in [0.5, 0.6) is 5.75 Å². The number of halogens is 2. The zero-order valence-electron chi connectivity index (χ0n) is 22.7. The third kappa shape index (κ3) is 7.39. The average Bonchev–Trinajstić information content (AvgIpc) is 3.63. The smallest absolute Gasteiger partial charge is 0.225 e. The van der Waals surface area contributed by atoms with Crippen LogP contribution >= 0.6 is 23.2 Å². The third-order valence-corrected chi connectivity index (χ3v) is 8.92. The summed E-state index contributed by atoms with van der Waals surface area (Å²) in [5.74, 6) is 0.501. The molecule has 2 aromatic rings. The molecule has 3 aliphatic rings. The molecule has 0 bridgehead atoms. The molecule has 9 heteroatoms. The SMILES string of the molecule is CN1CCC(Oc2ccc([C@@H](O)[C@@H](CN3CCCC3)NC(=O)[C@H]3CCN(c4ccc(Cl)cc4)C3)cc2Cl)CC1. The lowest BCUT2D eigenvalue weighted by molar-refractivity contribution is -0.126. The van der Waals surface area contributed by atoms with Gasteiger partial charge in [0.05, 0.1) is 17.0 Å².